The second-order valence-electron chi connectivity index (χ2n) is 3.95. The van der Waals surface area contributed by atoms with Crippen LogP contribution in [0.2, 0.25) is 0 Å². The Morgan fingerprint density at radius 1 is 1.44 bits per heavy atom. The molecule has 0 saturated heterocycles. The minimum absolute atomic E-state index is 0.419. The number of nitriles is 1. The zero-order valence-electron chi connectivity index (χ0n) is 10.4. The highest BCUT2D eigenvalue weighted by Crippen LogP contribution is 2.20. The second-order valence-corrected chi connectivity index (χ2v) is 5.04. The predicted octanol–water partition coefficient (Wildman–Crippen LogP) is 3.46. The molecule has 92 valence electrons. The summed E-state index contributed by atoms with van der Waals surface area (Å²) >= 11 is 1.41. The number of thiazole rings is 1. The first-order valence-corrected chi connectivity index (χ1v) is 6.62. The monoisotopic (exact) mass is 258 g/mol. The molecule has 0 saturated carbocycles. The van der Waals surface area contributed by atoms with Crippen molar-refractivity contribution in [2.24, 2.45) is 0 Å². The van der Waals surface area contributed by atoms with Crippen LogP contribution in [0.1, 0.15) is 28.1 Å². The lowest BCUT2D eigenvalue weighted by Crippen LogP contribution is -1.95. The van der Waals surface area contributed by atoms with Gasteiger partial charge in [0.2, 0.25) is 0 Å². The minimum Gasteiger partial charge on any atom is -0.486 e. The van der Waals surface area contributed by atoms with Crippen molar-refractivity contribution >= 4 is 11.3 Å². The molecule has 0 aliphatic heterocycles. The van der Waals surface area contributed by atoms with Crippen LogP contribution < -0.4 is 4.74 Å². The summed E-state index contributed by atoms with van der Waals surface area (Å²) in [4.78, 5) is 5.10. The van der Waals surface area contributed by atoms with Crippen LogP contribution in [-0.2, 0) is 13.0 Å². The summed E-state index contributed by atoms with van der Waals surface area (Å²) in [6, 6.07) is 10.1. The average Bonchev–Trinajstić information content (AvgIpc) is 2.79. The third kappa shape index (κ3) is 2.88. The van der Waals surface area contributed by atoms with Crippen molar-refractivity contribution in [1.29, 1.82) is 5.26 Å². The molecule has 1 heterocycles. The molecule has 1 aromatic heterocycles. The minimum atomic E-state index is 0.419. The molecule has 1 aromatic carbocycles. The standard InChI is InChI=1S/C14H14N2OS/c1-3-12-13(8-15)18-14(16-12)9-17-11-6-4-5-10(2)7-11/h4-7H,3,9H2,1-2H3. The molecule has 0 unspecified atom stereocenters. The van der Waals surface area contributed by atoms with Gasteiger partial charge in [0.25, 0.3) is 0 Å². The summed E-state index contributed by atoms with van der Waals surface area (Å²) in [5.74, 6) is 0.835. The van der Waals surface area contributed by atoms with E-state index in [1.807, 2.05) is 38.1 Å². The zero-order chi connectivity index (χ0) is 13.0. The van der Waals surface area contributed by atoms with Crippen LogP contribution in [0.3, 0.4) is 0 Å². The Bertz CT molecular complexity index is 584. The number of ether oxygens (including phenoxy) is 1. The van der Waals surface area contributed by atoms with Crippen molar-refractivity contribution in [2.75, 3.05) is 0 Å². The SMILES string of the molecule is CCc1nc(COc2cccc(C)c2)sc1C#N. The molecule has 18 heavy (non-hydrogen) atoms. The van der Waals surface area contributed by atoms with Crippen LogP contribution in [0.25, 0.3) is 0 Å². The van der Waals surface area contributed by atoms with Gasteiger partial charge in [-0.05, 0) is 31.0 Å². The molecule has 0 aliphatic rings. The van der Waals surface area contributed by atoms with E-state index in [1.54, 1.807) is 0 Å². The van der Waals surface area contributed by atoms with Gasteiger partial charge in [-0.3, -0.25) is 0 Å². The fourth-order valence-electron chi connectivity index (χ4n) is 1.64. The highest BCUT2D eigenvalue weighted by atomic mass is 32.1. The van der Waals surface area contributed by atoms with Crippen LogP contribution in [-0.4, -0.2) is 4.98 Å². The average molecular weight is 258 g/mol. The van der Waals surface area contributed by atoms with E-state index in [4.69, 9.17) is 10.00 Å². The normalized spacial score (nSPS) is 10.1. The zero-order valence-corrected chi connectivity index (χ0v) is 11.3. The van der Waals surface area contributed by atoms with Gasteiger partial charge in [-0.25, -0.2) is 4.98 Å². The van der Waals surface area contributed by atoms with Gasteiger partial charge in [-0.2, -0.15) is 5.26 Å². The molecular weight excluding hydrogens is 244 g/mol. The maximum atomic E-state index is 8.96. The van der Waals surface area contributed by atoms with Gasteiger partial charge in [0.1, 0.15) is 28.3 Å². The van der Waals surface area contributed by atoms with Crippen LogP contribution in [0, 0.1) is 18.3 Å². The molecular formula is C14H14N2OS. The Morgan fingerprint density at radius 2 is 2.28 bits per heavy atom. The third-order valence-corrected chi connectivity index (χ3v) is 3.51. The van der Waals surface area contributed by atoms with E-state index >= 15 is 0 Å². The molecule has 2 rings (SSSR count). The van der Waals surface area contributed by atoms with E-state index in [9.17, 15) is 0 Å². The first-order valence-electron chi connectivity index (χ1n) is 5.81. The first-order chi connectivity index (χ1) is 8.72. The van der Waals surface area contributed by atoms with E-state index in [2.05, 4.69) is 11.1 Å². The van der Waals surface area contributed by atoms with Crippen molar-refractivity contribution in [2.45, 2.75) is 26.9 Å². The van der Waals surface area contributed by atoms with Gasteiger partial charge >= 0.3 is 0 Å². The van der Waals surface area contributed by atoms with E-state index < -0.39 is 0 Å². The highest BCUT2D eigenvalue weighted by Gasteiger charge is 2.09. The van der Waals surface area contributed by atoms with Crippen LogP contribution in [0.15, 0.2) is 24.3 Å². The highest BCUT2D eigenvalue weighted by molar-refractivity contribution is 7.12. The topological polar surface area (TPSA) is 45.9 Å². The molecule has 0 radical (unpaired) electrons. The largest absolute Gasteiger partial charge is 0.486 e. The molecule has 3 nitrogen and oxygen atoms in total. The summed E-state index contributed by atoms with van der Waals surface area (Å²) in [5, 5.41) is 9.82. The van der Waals surface area contributed by atoms with Gasteiger partial charge in [0.15, 0.2) is 0 Å². The van der Waals surface area contributed by atoms with Gasteiger partial charge < -0.3 is 4.74 Å². The predicted molar refractivity (Wildman–Crippen MR) is 71.7 cm³/mol. The molecule has 0 aliphatic carbocycles. The first kappa shape index (κ1) is 12.6. The van der Waals surface area contributed by atoms with E-state index in [0.717, 1.165) is 22.9 Å². The number of hydrogen-bond donors (Lipinski definition) is 0. The molecule has 2 aromatic rings. The quantitative estimate of drug-likeness (QED) is 0.843. The summed E-state index contributed by atoms with van der Waals surface area (Å²) in [6.07, 6.45) is 0.782. The van der Waals surface area contributed by atoms with Crippen molar-refractivity contribution in [3.8, 4) is 11.8 Å². The van der Waals surface area contributed by atoms with Crippen molar-refractivity contribution in [3.05, 3.63) is 45.4 Å². The maximum absolute atomic E-state index is 8.96. The van der Waals surface area contributed by atoms with E-state index in [1.165, 1.54) is 16.9 Å². The fourth-order valence-corrected chi connectivity index (χ4v) is 2.50. The van der Waals surface area contributed by atoms with E-state index in [0.29, 0.717) is 11.5 Å². The number of benzene rings is 1. The molecule has 0 amide bonds. The Kier molecular flexibility index (Phi) is 3.96. The lowest BCUT2D eigenvalue weighted by Gasteiger charge is -2.04. The number of rotatable bonds is 4. The van der Waals surface area contributed by atoms with Crippen LogP contribution in [0.5, 0.6) is 5.75 Å². The summed E-state index contributed by atoms with van der Waals surface area (Å²) < 4.78 is 5.67. The Morgan fingerprint density at radius 3 is 2.89 bits per heavy atom. The van der Waals surface area contributed by atoms with Gasteiger partial charge in [0, 0.05) is 0 Å². The summed E-state index contributed by atoms with van der Waals surface area (Å²) in [6.45, 7) is 4.45. The fraction of sp³-hybridized carbons (Fsp3) is 0.286. The summed E-state index contributed by atoms with van der Waals surface area (Å²) in [5.41, 5.74) is 2.03. The third-order valence-electron chi connectivity index (χ3n) is 2.53. The Hall–Kier alpha value is -1.86. The lowest BCUT2D eigenvalue weighted by molar-refractivity contribution is 0.305. The molecule has 0 N–H and O–H groups in total. The van der Waals surface area contributed by atoms with Gasteiger partial charge in [0.05, 0.1) is 5.69 Å². The molecule has 0 atom stereocenters. The number of aromatic nitrogens is 1. The molecule has 4 heteroatoms. The van der Waals surface area contributed by atoms with Gasteiger partial charge in [-0.1, -0.05) is 19.1 Å². The van der Waals surface area contributed by atoms with Crippen molar-refractivity contribution in [3.63, 3.8) is 0 Å². The Balaban J connectivity index is 2.07. The number of aryl methyl sites for hydroxylation is 2. The molecule has 0 fully saturated rings. The second kappa shape index (κ2) is 5.65. The number of nitrogens with zero attached hydrogens (tertiary/aromatic N) is 2. The molecule has 0 bridgehead atoms. The maximum Gasteiger partial charge on any atom is 0.140 e. The summed E-state index contributed by atoms with van der Waals surface area (Å²) in [7, 11) is 0. The number of hydrogen-bond acceptors (Lipinski definition) is 4. The van der Waals surface area contributed by atoms with E-state index in [-0.39, 0.29) is 0 Å². The smallest absolute Gasteiger partial charge is 0.140 e. The van der Waals surface area contributed by atoms with Crippen LogP contribution in [0.4, 0.5) is 0 Å². The molecule has 0 spiro atoms. The lowest BCUT2D eigenvalue weighted by atomic mass is 10.2. The van der Waals surface area contributed by atoms with Crippen molar-refractivity contribution < 1.29 is 4.74 Å². The Labute approximate surface area is 111 Å². The van der Waals surface area contributed by atoms with Crippen LogP contribution >= 0.6 is 11.3 Å². The van der Waals surface area contributed by atoms with Crippen molar-refractivity contribution in [1.82, 2.24) is 4.98 Å². The van der Waals surface area contributed by atoms with Gasteiger partial charge in [-0.15, -0.1) is 11.3 Å².